The third-order valence-electron chi connectivity index (χ3n) is 2.37. The predicted octanol–water partition coefficient (Wildman–Crippen LogP) is 1.04. The van der Waals surface area contributed by atoms with Crippen LogP contribution in [0, 0.1) is 0 Å². The summed E-state index contributed by atoms with van der Waals surface area (Å²) in [7, 11) is 1.82. The van der Waals surface area contributed by atoms with Gasteiger partial charge in [-0.3, -0.25) is 0 Å². The van der Waals surface area contributed by atoms with Crippen molar-refractivity contribution < 1.29 is 5.11 Å². The van der Waals surface area contributed by atoms with Gasteiger partial charge in [0.2, 0.25) is 11.9 Å². The molecule has 0 unspecified atom stereocenters. The zero-order chi connectivity index (χ0) is 12.8. The van der Waals surface area contributed by atoms with Crippen molar-refractivity contribution in [2.45, 2.75) is 0 Å². The van der Waals surface area contributed by atoms with Gasteiger partial charge in [-0.25, -0.2) is 9.97 Å². The maximum absolute atomic E-state index is 8.87. The van der Waals surface area contributed by atoms with Crippen molar-refractivity contribution in [2.24, 2.45) is 0 Å². The van der Waals surface area contributed by atoms with Gasteiger partial charge in [-0.15, -0.1) is 0 Å². The smallest absolute Gasteiger partial charge is 0.231 e. The Labute approximate surface area is 105 Å². The van der Waals surface area contributed by atoms with Crippen molar-refractivity contribution >= 4 is 17.6 Å². The topological polar surface area (TPSA) is 74.2 Å². The number of aromatic nitrogens is 3. The summed E-state index contributed by atoms with van der Waals surface area (Å²) in [6, 6.07) is 9.67. The van der Waals surface area contributed by atoms with Crippen LogP contribution in [0.3, 0.4) is 0 Å². The van der Waals surface area contributed by atoms with Crippen molar-refractivity contribution in [3.63, 3.8) is 0 Å². The number of anilines is 3. The first-order chi connectivity index (χ1) is 8.79. The van der Waals surface area contributed by atoms with Gasteiger partial charge in [0.25, 0.3) is 0 Å². The summed E-state index contributed by atoms with van der Waals surface area (Å²) in [5, 5.41) is 12.0. The van der Waals surface area contributed by atoms with Crippen LogP contribution >= 0.6 is 0 Å². The summed E-state index contributed by atoms with van der Waals surface area (Å²) < 4.78 is 0. The monoisotopic (exact) mass is 245 g/mol. The fourth-order valence-electron chi connectivity index (χ4n) is 1.43. The zero-order valence-electron chi connectivity index (χ0n) is 10.1. The zero-order valence-corrected chi connectivity index (χ0v) is 10.1. The van der Waals surface area contributed by atoms with E-state index in [9.17, 15) is 0 Å². The summed E-state index contributed by atoms with van der Waals surface area (Å²) in [5.41, 5.74) is 0.916. The molecular formula is C12H15N5O. The van der Waals surface area contributed by atoms with E-state index in [-0.39, 0.29) is 6.61 Å². The molecule has 1 aromatic heterocycles. The van der Waals surface area contributed by atoms with E-state index in [1.54, 1.807) is 4.90 Å². The number of aliphatic hydroxyl groups is 1. The van der Waals surface area contributed by atoms with E-state index in [4.69, 9.17) is 5.11 Å². The first-order valence-corrected chi connectivity index (χ1v) is 5.62. The molecule has 94 valence electrons. The highest BCUT2D eigenvalue weighted by Gasteiger charge is 2.05. The number of nitrogens with zero attached hydrogens (tertiary/aromatic N) is 4. The Kier molecular flexibility index (Phi) is 4.03. The Bertz CT molecular complexity index is 491. The second-order valence-electron chi connectivity index (χ2n) is 3.75. The average Bonchev–Trinajstić information content (AvgIpc) is 2.40. The first-order valence-electron chi connectivity index (χ1n) is 5.62. The molecule has 2 rings (SSSR count). The molecule has 0 bridgehead atoms. The second-order valence-corrected chi connectivity index (χ2v) is 3.75. The lowest BCUT2D eigenvalue weighted by molar-refractivity contribution is 0.303. The number of hydrogen-bond acceptors (Lipinski definition) is 6. The molecule has 0 saturated heterocycles. The third kappa shape index (κ3) is 3.14. The van der Waals surface area contributed by atoms with Crippen LogP contribution in [0.15, 0.2) is 36.7 Å². The normalized spacial score (nSPS) is 10.1. The van der Waals surface area contributed by atoms with E-state index < -0.39 is 0 Å². The quantitative estimate of drug-likeness (QED) is 0.820. The molecule has 0 spiro atoms. The average molecular weight is 245 g/mol. The van der Waals surface area contributed by atoms with E-state index in [2.05, 4.69) is 20.3 Å². The molecule has 0 amide bonds. The summed E-state index contributed by atoms with van der Waals surface area (Å²) in [6.45, 7) is 0.540. The number of nitrogens with one attached hydrogen (secondary N) is 1. The summed E-state index contributed by atoms with van der Waals surface area (Å²) >= 11 is 0. The molecule has 2 aromatic rings. The molecule has 0 radical (unpaired) electrons. The molecule has 0 aliphatic heterocycles. The van der Waals surface area contributed by atoms with Gasteiger partial charge < -0.3 is 15.3 Å². The third-order valence-corrected chi connectivity index (χ3v) is 2.37. The number of hydrogen-bond donors (Lipinski definition) is 2. The molecule has 18 heavy (non-hydrogen) atoms. The second kappa shape index (κ2) is 5.92. The highest BCUT2D eigenvalue weighted by atomic mass is 16.3. The van der Waals surface area contributed by atoms with Gasteiger partial charge in [-0.2, -0.15) is 4.98 Å². The maximum atomic E-state index is 8.87. The van der Waals surface area contributed by atoms with Crippen molar-refractivity contribution in [3.8, 4) is 0 Å². The Morgan fingerprint density at radius 3 is 2.72 bits per heavy atom. The molecule has 0 atom stereocenters. The number of para-hydroxylation sites is 1. The Morgan fingerprint density at radius 1 is 1.22 bits per heavy atom. The lowest BCUT2D eigenvalue weighted by Gasteiger charge is -2.15. The van der Waals surface area contributed by atoms with Gasteiger partial charge in [-0.1, -0.05) is 18.2 Å². The van der Waals surface area contributed by atoms with Crippen molar-refractivity contribution in [3.05, 3.63) is 36.7 Å². The van der Waals surface area contributed by atoms with Crippen molar-refractivity contribution in [1.82, 2.24) is 15.0 Å². The minimum Gasteiger partial charge on any atom is -0.395 e. The largest absolute Gasteiger partial charge is 0.395 e. The fraction of sp³-hybridized carbons (Fsp3) is 0.250. The number of rotatable bonds is 5. The molecule has 2 N–H and O–H groups in total. The maximum Gasteiger partial charge on any atom is 0.231 e. The highest BCUT2D eigenvalue weighted by molar-refractivity contribution is 5.53. The Morgan fingerprint density at radius 2 is 2.00 bits per heavy atom. The number of likely N-dealkylation sites (N-methyl/N-ethyl adjacent to an activating group) is 1. The van der Waals surface area contributed by atoms with E-state index in [1.807, 2.05) is 37.4 Å². The summed E-state index contributed by atoms with van der Waals surface area (Å²) in [6.07, 6.45) is 1.45. The molecule has 0 saturated carbocycles. The van der Waals surface area contributed by atoms with Crippen LogP contribution in [0.2, 0.25) is 0 Å². The van der Waals surface area contributed by atoms with Gasteiger partial charge in [0.15, 0.2) is 0 Å². The lowest BCUT2D eigenvalue weighted by atomic mass is 10.3. The molecule has 1 heterocycles. The van der Waals surface area contributed by atoms with E-state index in [0.29, 0.717) is 18.4 Å². The number of benzene rings is 1. The predicted molar refractivity (Wildman–Crippen MR) is 69.9 cm³/mol. The minimum atomic E-state index is 0.0592. The van der Waals surface area contributed by atoms with Crippen molar-refractivity contribution in [1.29, 1.82) is 0 Å². The molecule has 1 aromatic carbocycles. The summed E-state index contributed by atoms with van der Waals surface area (Å²) in [4.78, 5) is 14.1. The summed E-state index contributed by atoms with van der Waals surface area (Å²) in [5.74, 6) is 1.01. The van der Waals surface area contributed by atoms with Gasteiger partial charge >= 0.3 is 0 Å². The number of aliphatic hydroxyl groups excluding tert-OH is 1. The molecule has 0 aliphatic rings. The Balaban J connectivity index is 2.12. The van der Waals surface area contributed by atoms with Crippen LogP contribution in [0.5, 0.6) is 0 Å². The fourth-order valence-corrected chi connectivity index (χ4v) is 1.43. The SMILES string of the molecule is CN(CCO)c1ncnc(Nc2ccccc2)n1. The van der Waals surface area contributed by atoms with E-state index >= 15 is 0 Å². The van der Waals surface area contributed by atoms with E-state index in [0.717, 1.165) is 5.69 Å². The van der Waals surface area contributed by atoms with Crippen LogP contribution in [0.25, 0.3) is 0 Å². The Hall–Kier alpha value is -2.21. The van der Waals surface area contributed by atoms with Crippen molar-refractivity contribution in [2.75, 3.05) is 30.4 Å². The van der Waals surface area contributed by atoms with Gasteiger partial charge in [0, 0.05) is 19.3 Å². The van der Waals surface area contributed by atoms with Crippen LogP contribution in [-0.2, 0) is 0 Å². The molecule has 6 nitrogen and oxygen atoms in total. The van der Waals surface area contributed by atoms with Crippen LogP contribution in [0.1, 0.15) is 0 Å². The molecule has 6 heteroatoms. The van der Waals surface area contributed by atoms with Gasteiger partial charge in [-0.05, 0) is 12.1 Å². The lowest BCUT2D eigenvalue weighted by Crippen LogP contribution is -2.23. The molecule has 0 aliphatic carbocycles. The van der Waals surface area contributed by atoms with Gasteiger partial charge in [0.05, 0.1) is 6.61 Å². The highest BCUT2D eigenvalue weighted by Crippen LogP contribution is 2.13. The van der Waals surface area contributed by atoms with Crippen LogP contribution in [-0.4, -0.2) is 40.3 Å². The van der Waals surface area contributed by atoms with Crippen LogP contribution < -0.4 is 10.2 Å². The standard InChI is InChI=1S/C12H15N5O/c1-17(7-8-18)12-14-9-13-11(16-12)15-10-5-3-2-4-6-10/h2-6,9,18H,7-8H2,1H3,(H,13,14,15,16). The van der Waals surface area contributed by atoms with Crippen LogP contribution in [0.4, 0.5) is 17.6 Å². The minimum absolute atomic E-state index is 0.0592. The molecular weight excluding hydrogens is 230 g/mol. The van der Waals surface area contributed by atoms with E-state index in [1.165, 1.54) is 6.33 Å². The molecule has 0 fully saturated rings. The van der Waals surface area contributed by atoms with Gasteiger partial charge in [0.1, 0.15) is 6.33 Å². The first kappa shape index (κ1) is 12.3.